The van der Waals surface area contributed by atoms with Gasteiger partial charge >= 0.3 is 6.18 Å². The van der Waals surface area contributed by atoms with Crippen LogP contribution in [0, 0.1) is 0 Å². The van der Waals surface area contributed by atoms with Gasteiger partial charge in [-0.2, -0.15) is 18.2 Å². The van der Waals surface area contributed by atoms with Gasteiger partial charge in [0, 0.05) is 13.0 Å². The van der Waals surface area contributed by atoms with Crippen LogP contribution in [0.4, 0.5) is 19.1 Å². The molecule has 0 bridgehead atoms. The minimum absolute atomic E-state index is 0.0134. The molecular weight excluding hydrogens is 457 g/mol. The monoisotopic (exact) mass is 478 g/mol. The van der Waals surface area contributed by atoms with E-state index in [1.165, 1.54) is 10.9 Å². The van der Waals surface area contributed by atoms with Gasteiger partial charge in [-0.3, -0.25) is 23.9 Å². The molecule has 0 radical (unpaired) electrons. The van der Waals surface area contributed by atoms with E-state index in [4.69, 9.17) is 15.2 Å². The molecule has 182 valence electrons. The Balaban J connectivity index is 1.64. The highest BCUT2D eigenvalue weighted by Crippen LogP contribution is 2.33. The number of alkyl halides is 3. The number of ketones is 1. The van der Waals surface area contributed by atoms with Crippen molar-refractivity contribution in [2.24, 2.45) is 0 Å². The SMILES string of the molecule is Nc1nc2c(ncn2[C@@H]2O[C@H](CO)C(O)[C@@H]2OCC(=O)NCCCC(=O)C(F)(F)F)c(=O)[nH]1. The molecule has 16 heteroatoms. The number of aliphatic hydroxyl groups excluding tert-OH is 2. The van der Waals surface area contributed by atoms with Crippen molar-refractivity contribution in [3.05, 3.63) is 16.7 Å². The number of nitrogens with one attached hydrogen (secondary N) is 2. The first-order valence-corrected chi connectivity index (χ1v) is 9.68. The highest BCUT2D eigenvalue weighted by molar-refractivity contribution is 5.84. The Morgan fingerprint density at radius 3 is 2.79 bits per heavy atom. The summed E-state index contributed by atoms with van der Waals surface area (Å²) < 4.78 is 48.8. The van der Waals surface area contributed by atoms with Crippen molar-refractivity contribution in [1.82, 2.24) is 24.8 Å². The number of fused-ring (bicyclic) bond motifs is 1. The van der Waals surface area contributed by atoms with Crippen LogP contribution in [0.25, 0.3) is 11.2 Å². The minimum Gasteiger partial charge on any atom is -0.394 e. The molecule has 1 unspecified atom stereocenters. The van der Waals surface area contributed by atoms with Gasteiger partial charge in [-0.15, -0.1) is 0 Å². The van der Waals surface area contributed by atoms with Crippen molar-refractivity contribution < 1.29 is 42.4 Å². The summed E-state index contributed by atoms with van der Waals surface area (Å²) in [4.78, 5) is 45.0. The molecule has 33 heavy (non-hydrogen) atoms. The minimum atomic E-state index is -4.92. The van der Waals surface area contributed by atoms with Crippen LogP contribution in [-0.2, 0) is 19.1 Å². The van der Waals surface area contributed by atoms with E-state index in [0.29, 0.717) is 0 Å². The second-order valence-corrected chi connectivity index (χ2v) is 7.16. The largest absolute Gasteiger partial charge is 0.449 e. The number of imidazole rings is 1. The third kappa shape index (κ3) is 5.47. The van der Waals surface area contributed by atoms with Gasteiger partial charge in [0.15, 0.2) is 17.4 Å². The Labute approximate surface area is 182 Å². The first kappa shape index (κ1) is 24.6. The number of aromatic amines is 1. The number of aromatic nitrogens is 4. The number of Topliss-reactive ketones (excluding diaryl/α,β-unsaturated/α-hetero) is 1. The number of H-pyrrole nitrogens is 1. The second kappa shape index (κ2) is 9.82. The van der Waals surface area contributed by atoms with Gasteiger partial charge in [0.2, 0.25) is 17.6 Å². The van der Waals surface area contributed by atoms with Crippen molar-refractivity contribution >= 4 is 28.8 Å². The molecule has 2 aromatic heterocycles. The number of carbonyl (C=O) groups is 2. The number of nitrogens with zero attached hydrogens (tertiary/aromatic N) is 3. The number of rotatable bonds is 9. The van der Waals surface area contributed by atoms with Crippen LogP contribution < -0.4 is 16.6 Å². The molecule has 3 rings (SSSR count). The normalized spacial score (nSPS) is 23.2. The summed E-state index contributed by atoms with van der Waals surface area (Å²) >= 11 is 0. The average molecular weight is 478 g/mol. The summed E-state index contributed by atoms with van der Waals surface area (Å²) in [7, 11) is 0. The highest BCUT2D eigenvalue weighted by Gasteiger charge is 2.46. The molecule has 6 N–H and O–H groups in total. The van der Waals surface area contributed by atoms with Crippen molar-refractivity contribution in [2.45, 2.75) is 43.6 Å². The Kier molecular flexibility index (Phi) is 7.31. The number of halogens is 3. The van der Waals surface area contributed by atoms with E-state index in [1.807, 2.05) is 0 Å². The van der Waals surface area contributed by atoms with Gasteiger partial charge in [-0.1, -0.05) is 0 Å². The molecule has 13 nitrogen and oxygen atoms in total. The quantitative estimate of drug-likeness (QED) is 0.261. The van der Waals surface area contributed by atoms with Crippen molar-refractivity contribution in [3.8, 4) is 0 Å². The molecule has 3 heterocycles. The lowest BCUT2D eigenvalue weighted by molar-refractivity contribution is -0.171. The third-order valence-electron chi connectivity index (χ3n) is 4.84. The number of amides is 1. The molecule has 1 aliphatic heterocycles. The molecule has 0 aromatic carbocycles. The molecule has 1 fully saturated rings. The van der Waals surface area contributed by atoms with Gasteiger partial charge in [0.1, 0.15) is 24.9 Å². The summed E-state index contributed by atoms with van der Waals surface area (Å²) in [5, 5.41) is 22.2. The van der Waals surface area contributed by atoms with E-state index in [-0.39, 0.29) is 30.1 Å². The van der Waals surface area contributed by atoms with Crippen LogP contribution in [0.3, 0.4) is 0 Å². The zero-order chi connectivity index (χ0) is 24.3. The molecule has 1 saturated heterocycles. The number of carbonyl (C=O) groups excluding carboxylic acids is 2. The number of nitrogens with two attached hydrogens (primary N) is 1. The second-order valence-electron chi connectivity index (χ2n) is 7.16. The fourth-order valence-electron chi connectivity index (χ4n) is 3.24. The first-order valence-electron chi connectivity index (χ1n) is 9.68. The van der Waals surface area contributed by atoms with Gasteiger partial charge in [-0.05, 0) is 6.42 Å². The molecule has 0 aliphatic carbocycles. The van der Waals surface area contributed by atoms with Crippen LogP contribution >= 0.6 is 0 Å². The summed E-state index contributed by atoms with van der Waals surface area (Å²) in [6.45, 7) is -1.40. The smallest absolute Gasteiger partial charge is 0.394 e. The molecular formula is C17H21F3N6O7. The predicted octanol–water partition coefficient (Wildman–Crippen LogP) is -1.63. The highest BCUT2D eigenvalue weighted by atomic mass is 19.4. The molecule has 2 aromatic rings. The Hall–Kier alpha value is -3.08. The zero-order valence-corrected chi connectivity index (χ0v) is 16.9. The van der Waals surface area contributed by atoms with Crippen molar-refractivity contribution in [2.75, 3.05) is 25.5 Å². The zero-order valence-electron chi connectivity index (χ0n) is 16.9. The molecule has 1 aliphatic rings. The van der Waals surface area contributed by atoms with Crippen LogP contribution in [-0.4, -0.2) is 85.7 Å². The van der Waals surface area contributed by atoms with Crippen molar-refractivity contribution in [3.63, 3.8) is 0 Å². The van der Waals surface area contributed by atoms with E-state index < -0.39 is 67.6 Å². The Morgan fingerprint density at radius 2 is 2.12 bits per heavy atom. The summed E-state index contributed by atoms with van der Waals surface area (Å²) in [6.07, 6.45) is -9.56. The maximum Gasteiger partial charge on any atom is 0.449 e. The number of hydrogen-bond acceptors (Lipinski definition) is 10. The standard InChI is InChI=1S/C17H21F3N6O7/c18-17(19,20)8(28)2-1-3-22-9(29)5-32-12-11(30)7(4-27)33-15(12)26-6-23-10-13(26)24-16(21)25-14(10)31/h6-7,11-12,15,27,30H,1-5H2,(H,22,29)(H3,21,24,25,31)/t7-,11?,12+,15-/m1/s1. The van der Waals surface area contributed by atoms with Crippen LogP contribution in [0.15, 0.2) is 11.1 Å². The van der Waals surface area contributed by atoms with Gasteiger partial charge < -0.3 is 30.7 Å². The Bertz CT molecular complexity index is 1070. The van der Waals surface area contributed by atoms with Crippen LogP contribution in [0.5, 0.6) is 0 Å². The topological polar surface area (TPSA) is 195 Å². The van der Waals surface area contributed by atoms with E-state index in [2.05, 4.69) is 20.3 Å². The molecule has 1 amide bonds. The third-order valence-corrected chi connectivity index (χ3v) is 4.84. The van der Waals surface area contributed by atoms with Crippen LogP contribution in [0.2, 0.25) is 0 Å². The van der Waals surface area contributed by atoms with E-state index in [0.717, 1.165) is 0 Å². The number of nitrogen functional groups attached to an aromatic ring is 1. The van der Waals surface area contributed by atoms with E-state index in [1.54, 1.807) is 0 Å². The summed E-state index contributed by atoms with van der Waals surface area (Å²) in [6, 6.07) is 0. The lowest BCUT2D eigenvalue weighted by Crippen LogP contribution is -2.38. The van der Waals surface area contributed by atoms with Crippen molar-refractivity contribution in [1.29, 1.82) is 0 Å². The number of aliphatic hydroxyl groups is 2. The van der Waals surface area contributed by atoms with Gasteiger partial charge in [0.25, 0.3) is 5.56 Å². The van der Waals surface area contributed by atoms with Gasteiger partial charge in [0.05, 0.1) is 12.9 Å². The summed E-state index contributed by atoms with van der Waals surface area (Å²) in [5.41, 5.74) is 4.89. The maximum absolute atomic E-state index is 12.2. The molecule has 0 spiro atoms. The fraction of sp³-hybridized carbons (Fsp3) is 0.588. The summed E-state index contributed by atoms with van der Waals surface area (Å²) in [5.74, 6) is -2.81. The van der Waals surface area contributed by atoms with Crippen LogP contribution in [0.1, 0.15) is 19.1 Å². The fourth-order valence-corrected chi connectivity index (χ4v) is 3.24. The number of anilines is 1. The average Bonchev–Trinajstić information content (AvgIpc) is 3.29. The number of hydrogen-bond donors (Lipinski definition) is 5. The lowest BCUT2D eigenvalue weighted by Gasteiger charge is -2.21. The Morgan fingerprint density at radius 1 is 1.39 bits per heavy atom. The van der Waals surface area contributed by atoms with E-state index in [9.17, 15) is 37.8 Å². The maximum atomic E-state index is 12.2. The molecule has 4 atom stereocenters. The molecule has 0 saturated carbocycles. The lowest BCUT2D eigenvalue weighted by atomic mass is 10.1. The first-order chi connectivity index (χ1) is 15.5. The van der Waals surface area contributed by atoms with E-state index >= 15 is 0 Å². The number of ether oxygens (including phenoxy) is 2. The van der Waals surface area contributed by atoms with Gasteiger partial charge in [-0.25, -0.2) is 4.98 Å². The predicted molar refractivity (Wildman–Crippen MR) is 103 cm³/mol.